The van der Waals surface area contributed by atoms with Gasteiger partial charge in [0.1, 0.15) is 30.1 Å². The molecule has 2 aromatic carbocycles. The number of hydrogen-bond donors (Lipinski definition) is 2. The van der Waals surface area contributed by atoms with Crippen LogP contribution in [0.3, 0.4) is 0 Å². The molecule has 2 N–H and O–H groups in total. The number of carbonyl (C=O) groups is 5. The number of ether oxygens (including phenoxy) is 3. The van der Waals surface area contributed by atoms with Gasteiger partial charge in [-0.05, 0) is 80.5 Å². The molecule has 0 bridgehead atoms. The summed E-state index contributed by atoms with van der Waals surface area (Å²) in [6, 6.07) is 15.9. The molecule has 0 radical (unpaired) electrons. The van der Waals surface area contributed by atoms with Crippen molar-refractivity contribution < 1.29 is 43.0 Å². The van der Waals surface area contributed by atoms with Crippen LogP contribution in [0.5, 0.6) is 0 Å². The molecule has 75 heavy (non-hydrogen) atoms. The number of anilines is 1. The number of Topliss-reactive ketones (excluding diaryl/α,β-unsaturated/α-hetero) is 2. The van der Waals surface area contributed by atoms with Gasteiger partial charge in [0, 0.05) is 105 Å². The van der Waals surface area contributed by atoms with E-state index in [1.165, 1.54) is 0 Å². The van der Waals surface area contributed by atoms with Crippen molar-refractivity contribution in [3.8, 4) is 0 Å². The number of amides is 3. The number of likely N-dealkylation sites (N-methyl/N-ethyl adjacent to an activating group) is 1. The standard InChI is InChI=1S/C59H95N7O9/c1-15-42(7)55(65(12)59(71)54(40(3)4)62-57(41(5)6)64(10)11)52(72-13)38-53(69)66-34-23-27-50(66)56(73-14)43(8)51(68)37-47(36-45-24-19-17-20-25-45)58(70)61-48-30-28-46(29-31-48)39-60-33-32-49(67)26-21-18-22-35-75-63-44(9)74-16-2/h17,19-20,24-25,28-31,40-43,47,50,52,54-56,60H,15-16,18,21-23,26-27,32-39H2,1-14H3,(H,61,70)/b62-57?,63-44-/t42-,43-,47+,50-,52+,54-,55-,56+/m0/s1. The van der Waals surface area contributed by atoms with Gasteiger partial charge in [-0.3, -0.25) is 29.0 Å². The quantitative estimate of drug-likeness (QED) is 0.0296. The Balaban J connectivity index is 1.66. The van der Waals surface area contributed by atoms with Crippen molar-refractivity contribution in [2.75, 3.05) is 67.0 Å². The van der Waals surface area contributed by atoms with E-state index in [0.717, 1.165) is 49.1 Å². The van der Waals surface area contributed by atoms with Crippen LogP contribution in [-0.4, -0.2) is 148 Å². The van der Waals surface area contributed by atoms with Crippen LogP contribution in [-0.2, 0) is 56.0 Å². The van der Waals surface area contributed by atoms with E-state index in [0.29, 0.717) is 70.1 Å². The van der Waals surface area contributed by atoms with Crippen molar-refractivity contribution in [1.29, 1.82) is 0 Å². The van der Waals surface area contributed by atoms with E-state index in [1.807, 2.05) is 106 Å². The van der Waals surface area contributed by atoms with Gasteiger partial charge in [-0.25, -0.2) is 0 Å². The fourth-order valence-corrected chi connectivity index (χ4v) is 10.1. The number of likely N-dealkylation sites (tertiary alicyclic amines) is 1. The van der Waals surface area contributed by atoms with Gasteiger partial charge in [0.15, 0.2) is 0 Å². The first-order valence-corrected chi connectivity index (χ1v) is 27.6. The molecule has 0 unspecified atom stereocenters. The van der Waals surface area contributed by atoms with Crippen molar-refractivity contribution in [1.82, 2.24) is 20.0 Å². The van der Waals surface area contributed by atoms with E-state index >= 15 is 0 Å². The zero-order valence-corrected chi connectivity index (χ0v) is 48.2. The topological polar surface area (TPSA) is 181 Å². The monoisotopic (exact) mass is 1050 g/mol. The highest BCUT2D eigenvalue weighted by Gasteiger charge is 2.43. The molecule has 0 saturated carbocycles. The zero-order valence-electron chi connectivity index (χ0n) is 48.2. The summed E-state index contributed by atoms with van der Waals surface area (Å²) in [5.74, 6) is -0.244. The van der Waals surface area contributed by atoms with Crippen molar-refractivity contribution in [3.05, 3.63) is 65.7 Å². The van der Waals surface area contributed by atoms with Crippen LogP contribution in [0.15, 0.2) is 64.7 Å². The lowest BCUT2D eigenvalue weighted by Crippen LogP contribution is -2.54. The lowest BCUT2D eigenvalue weighted by Gasteiger charge is -2.40. The third-order valence-electron chi connectivity index (χ3n) is 14.5. The van der Waals surface area contributed by atoms with Crippen LogP contribution < -0.4 is 10.6 Å². The van der Waals surface area contributed by atoms with E-state index in [-0.39, 0.29) is 65.9 Å². The number of carbonyl (C=O) groups excluding carboxylic acids is 5. The Morgan fingerprint density at radius 2 is 1.53 bits per heavy atom. The maximum absolute atomic E-state index is 14.5. The normalized spacial score (nSPS) is 17.0. The third kappa shape index (κ3) is 21.0. The molecule has 0 aliphatic carbocycles. The number of methoxy groups -OCH3 is 2. The van der Waals surface area contributed by atoms with Crippen molar-refractivity contribution >= 4 is 46.7 Å². The number of rotatable bonds is 34. The predicted octanol–water partition coefficient (Wildman–Crippen LogP) is 9.00. The molecule has 1 aliphatic heterocycles. The lowest BCUT2D eigenvalue weighted by molar-refractivity contribution is -0.146. The highest BCUT2D eigenvalue weighted by atomic mass is 16.6. The number of benzene rings is 2. The molecule has 3 amide bonds. The number of unbranched alkanes of at least 4 members (excludes halogenated alkanes) is 2. The Kier molecular flexibility index (Phi) is 28.9. The fraction of sp³-hybridized carbons (Fsp3) is 0.678. The molecule has 0 spiro atoms. The SMILES string of the molecule is CCO/C(C)=N\OCCCCCC(=O)CCNCc1ccc(NC(=O)[C@@H](CC(=O)[C@H](C)[C@@H](OC)[C@@H]2CCCN2C(=O)C[C@@H](OC)[C@H]([C@@H](C)CC)N(C)C(=O)[C@@H](N=C(C(C)C)N(C)C)C(C)C)Cc2ccccc2)cc1. The molecule has 8 atom stereocenters. The van der Waals surface area contributed by atoms with E-state index in [1.54, 1.807) is 33.1 Å². The van der Waals surface area contributed by atoms with Crippen molar-refractivity contribution in [3.63, 3.8) is 0 Å². The second-order valence-electron chi connectivity index (χ2n) is 21.2. The summed E-state index contributed by atoms with van der Waals surface area (Å²) in [4.78, 5) is 85.7. The van der Waals surface area contributed by atoms with Crippen molar-refractivity contribution in [2.45, 2.75) is 170 Å². The van der Waals surface area contributed by atoms with Gasteiger partial charge in [0.2, 0.25) is 23.6 Å². The van der Waals surface area contributed by atoms with Crippen LogP contribution in [0.4, 0.5) is 5.69 Å². The Morgan fingerprint density at radius 1 is 0.840 bits per heavy atom. The van der Waals surface area contributed by atoms with Crippen LogP contribution in [0.2, 0.25) is 0 Å². The molecule has 0 aromatic heterocycles. The van der Waals surface area contributed by atoms with Gasteiger partial charge < -0.3 is 44.4 Å². The number of oxime groups is 1. The van der Waals surface area contributed by atoms with E-state index in [2.05, 4.69) is 43.5 Å². The minimum Gasteiger partial charge on any atom is -0.479 e. The molecule has 16 heteroatoms. The summed E-state index contributed by atoms with van der Waals surface area (Å²) < 4.78 is 17.5. The zero-order chi connectivity index (χ0) is 55.6. The molecule has 16 nitrogen and oxygen atoms in total. The van der Waals surface area contributed by atoms with Gasteiger partial charge in [-0.2, -0.15) is 0 Å². The largest absolute Gasteiger partial charge is 0.479 e. The van der Waals surface area contributed by atoms with Crippen molar-refractivity contribution in [2.24, 2.45) is 39.7 Å². The first kappa shape index (κ1) is 64.1. The van der Waals surface area contributed by atoms with Crippen LogP contribution in [0.25, 0.3) is 0 Å². The Morgan fingerprint density at radius 3 is 2.13 bits per heavy atom. The van der Waals surface area contributed by atoms with Gasteiger partial charge in [-0.15, -0.1) is 0 Å². The molecular formula is C59H95N7O9. The summed E-state index contributed by atoms with van der Waals surface area (Å²) >= 11 is 0. The molecule has 1 saturated heterocycles. The minimum atomic E-state index is -0.669. The van der Waals surface area contributed by atoms with E-state index in [9.17, 15) is 24.0 Å². The lowest BCUT2D eigenvalue weighted by atomic mass is 9.85. The van der Waals surface area contributed by atoms with Crippen LogP contribution in [0.1, 0.15) is 138 Å². The van der Waals surface area contributed by atoms with Crippen LogP contribution >= 0.6 is 0 Å². The summed E-state index contributed by atoms with van der Waals surface area (Å²) in [5, 5.41) is 10.3. The fourth-order valence-electron chi connectivity index (χ4n) is 10.1. The summed E-state index contributed by atoms with van der Waals surface area (Å²) in [6.07, 6.45) is 4.88. The smallest absolute Gasteiger partial charge is 0.247 e. The van der Waals surface area contributed by atoms with Crippen LogP contribution in [0, 0.1) is 29.6 Å². The second kappa shape index (κ2) is 33.8. The Labute approximate surface area is 450 Å². The third-order valence-corrected chi connectivity index (χ3v) is 14.5. The Bertz CT molecular complexity index is 2090. The number of aliphatic imine (C=N–C) groups is 1. The van der Waals surface area contributed by atoms with Gasteiger partial charge in [-0.1, -0.05) is 103 Å². The van der Waals surface area contributed by atoms with Gasteiger partial charge >= 0.3 is 0 Å². The number of ketones is 2. The van der Waals surface area contributed by atoms with Gasteiger partial charge in [0.25, 0.3) is 0 Å². The molecule has 1 fully saturated rings. The maximum Gasteiger partial charge on any atom is 0.247 e. The highest BCUT2D eigenvalue weighted by Crippen LogP contribution is 2.31. The molecule has 1 heterocycles. The average Bonchev–Trinajstić information content (AvgIpc) is 3.87. The molecule has 420 valence electrons. The molecule has 3 rings (SSSR count). The number of hydrogen-bond acceptors (Lipinski definition) is 12. The predicted molar refractivity (Wildman–Crippen MR) is 300 cm³/mol. The maximum atomic E-state index is 14.5. The number of nitrogens with zero attached hydrogens (tertiary/aromatic N) is 5. The molecular weight excluding hydrogens is 951 g/mol. The minimum absolute atomic E-state index is 0.0127. The molecule has 2 aromatic rings. The molecule has 1 aliphatic rings. The van der Waals surface area contributed by atoms with E-state index < -0.39 is 36.1 Å². The highest BCUT2D eigenvalue weighted by molar-refractivity contribution is 5.96. The van der Waals surface area contributed by atoms with E-state index in [4.69, 9.17) is 24.0 Å². The first-order valence-electron chi connectivity index (χ1n) is 27.6. The Hall–Kier alpha value is -5.19. The summed E-state index contributed by atoms with van der Waals surface area (Å²) in [7, 11) is 8.88. The average molecular weight is 1050 g/mol. The number of nitrogens with one attached hydrogen (secondary N) is 2. The first-order chi connectivity index (χ1) is 35.8. The number of amidine groups is 1. The summed E-state index contributed by atoms with van der Waals surface area (Å²) in [6.45, 7) is 20.5. The van der Waals surface area contributed by atoms with Gasteiger partial charge in [0.05, 0.1) is 37.3 Å². The second-order valence-corrected chi connectivity index (χ2v) is 21.2. The summed E-state index contributed by atoms with van der Waals surface area (Å²) in [5.41, 5.74) is 2.57.